The smallest absolute Gasteiger partial charge is 0.0876 e. The molecule has 0 amide bonds. The molecule has 0 spiro atoms. The molecule has 0 aromatic heterocycles. The van der Waals surface area contributed by atoms with Crippen LogP contribution in [0, 0.1) is 6.92 Å². The van der Waals surface area contributed by atoms with Gasteiger partial charge in [0.1, 0.15) is 0 Å². The van der Waals surface area contributed by atoms with Gasteiger partial charge in [-0.15, -0.1) is 0 Å². The monoisotopic (exact) mass is 161 g/mol. The van der Waals surface area contributed by atoms with E-state index >= 15 is 0 Å². The van der Waals surface area contributed by atoms with E-state index in [4.69, 9.17) is 5.21 Å². The van der Waals surface area contributed by atoms with Crippen LogP contribution in [0.15, 0.2) is 23.4 Å². The lowest BCUT2D eigenvalue weighted by Crippen LogP contribution is -1.96. The van der Waals surface area contributed by atoms with Gasteiger partial charge in [-0.2, -0.15) is 0 Å². The van der Waals surface area contributed by atoms with Crippen molar-refractivity contribution in [2.24, 2.45) is 5.16 Å². The van der Waals surface area contributed by atoms with E-state index in [1.165, 1.54) is 11.1 Å². The highest BCUT2D eigenvalue weighted by Gasteiger charge is 2.19. The second-order valence-electron chi connectivity index (χ2n) is 3.16. The van der Waals surface area contributed by atoms with Gasteiger partial charge in [-0.1, -0.05) is 23.4 Å². The molecule has 62 valence electrons. The summed E-state index contributed by atoms with van der Waals surface area (Å²) in [5.41, 5.74) is 4.50. The van der Waals surface area contributed by atoms with E-state index in [0.717, 1.165) is 24.1 Å². The van der Waals surface area contributed by atoms with Crippen molar-refractivity contribution >= 4 is 5.71 Å². The second-order valence-corrected chi connectivity index (χ2v) is 3.16. The predicted octanol–water partition coefficient (Wildman–Crippen LogP) is 2.12. The van der Waals surface area contributed by atoms with Crippen molar-refractivity contribution in [3.63, 3.8) is 0 Å². The lowest BCUT2D eigenvalue weighted by molar-refractivity contribution is 0.318. The molecule has 0 bridgehead atoms. The van der Waals surface area contributed by atoms with Crippen LogP contribution in [0.25, 0.3) is 0 Å². The zero-order chi connectivity index (χ0) is 8.55. The first-order valence-corrected chi connectivity index (χ1v) is 4.12. The molecule has 0 saturated carbocycles. The number of benzene rings is 1. The van der Waals surface area contributed by atoms with Crippen LogP contribution in [-0.2, 0) is 6.42 Å². The summed E-state index contributed by atoms with van der Waals surface area (Å²) in [6, 6.07) is 6.20. The summed E-state index contributed by atoms with van der Waals surface area (Å²) in [7, 11) is 0. The maximum atomic E-state index is 8.73. The number of fused-ring (bicyclic) bond motifs is 1. The van der Waals surface area contributed by atoms with Gasteiger partial charge in [-0.25, -0.2) is 0 Å². The number of aryl methyl sites for hydroxylation is 2. The van der Waals surface area contributed by atoms with Crippen LogP contribution in [0.2, 0.25) is 0 Å². The number of rotatable bonds is 0. The van der Waals surface area contributed by atoms with Crippen molar-refractivity contribution in [3.8, 4) is 0 Å². The van der Waals surface area contributed by atoms with Crippen LogP contribution < -0.4 is 0 Å². The number of hydrogen-bond donors (Lipinski definition) is 1. The summed E-state index contributed by atoms with van der Waals surface area (Å²) >= 11 is 0. The van der Waals surface area contributed by atoms with Gasteiger partial charge >= 0.3 is 0 Å². The Morgan fingerprint density at radius 3 is 2.92 bits per heavy atom. The Kier molecular flexibility index (Phi) is 1.61. The van der Waals surface area contributed by atoms with Crippen molar-refractivity contribution in [3.05, 3.63) is 34.9 Å². The molecule has 1 aromatic carbocycles. The minimum atomic E-state index is 0.836. The molecular formula is C10H11NO. The molecule has 0 aliphatic heterocycles. The summed E-state index contributed by atoms with van der Waals surface area (Å²) in [6.07, 6.45) is 1.88. The van der Waals surface area contributed by atoms with Gasteiger partial charge < -0.3 is 5.21 Å². The van der Waals surface area contributed by atoms with Crippen molar-refractivity contribution < 1.29 is 5.21 Å². The fourth-order valence-corrected chi connectivity index (χ4v) is 1.83. The van der Waals surface area contributed by atoms with Gasteiger partial charge in [0.2, 0.25) is 0 Å². The fraction of sp³-hybridized carbons (Fsp3) is 0.300. The maximum absolute atomic E-state index is 8.73. The molecule has 0 heterocycles. The van der Waals surface area contributed by atoms with E-state index in [-0.39, 0.29) is 0 Å². The standard InChI is InChI=1S/C10H11NO/c1-7-3-2-4-8-5-6-9(11-12)10(7)8/h2-4,12H,5-6H2,1H3/b11-9-. The molecule has 1 aliphatic carbocycles. The molecule has 0 fully saturated rings. The molecule has 0 atom stereocenters. The number of oxime groups is 1. The highest BCUT2D eigenvalue weighted by atomic mass is 16.4. The Morgan fingerprint density at radius 2 is 2.17 bits per heavy atom. The topological polar surface area (TPSA) is 32.6 Å². The van der Waals surface area contributed by atoms with Crippen LogP contribution in [0.5, 0.6) is 0 Å². The lowest BCUT2D eigenvalue weighted by atomic mass is 10.0. The summed E-state index contributed by atoms with van der Waals surface area (Å²) in [5.74, 6) is 0. The Bertz CT molecular complexity index is 342. The van der Waals surface area contributed by atoms with Gasteiger partial charge in [0.25, 0.3) is 0 Å². The maximum Gasteiger partial charge on any atom is 0.0876 e. The minimum Gasteiger partial charge on any atom is -0.411 e. The normalized spacial score (nSPS) is 18.2. The Balaban J connectivity index is 2.63. The molecule has 2 nitrogen and oxygen atoms in total. The molecule has 1 N–H and O–H groups in total. The average molecular weight is 161 g/mol. The van der Waals surface area contributed by atoms with Crippen LogP contribution in [-0.4, -0.2) is 10.9 Å². The van der Waals surface area contributed by atoms with Crippen LogP contribution >= 0.6 is 0 Å². The van der Waals surface area contributed by atoms with E-state index in [2.05, 4.69) is 30.3 Å². The molecule has 1 aromatic rings. The molecule has 0 unspecified atom stereocenters. The first-order chi connectivity index (χ1) is 5.83. The summed E-state index contributed by atoms with van der Waals surface area (Å²) in [4.78, 5) is 0. The van der Waals surface area contributed by atoms with Gasteiger partial charge in [0, 0.05) is 5.56 Å². The molecule has 1 aliphatic rings. The third-order valence-electron chi connectivity index (χ3n) is 2.40. The Labute approximate surface area is 71.5 Å². The van der Waals surface area contributed by atoms with Gasteiger partial charge in [-0.05, 0) is 30.9 Å². The summed E-state index contributed by atoms with van der Waals surface area (Å²) in [6.45, 7) is 2.05. The second kappa shape index (κ2) is 2.63. The highest BCUT2D eigenvalue weighted by molar-refractivity contribution is 6.05. The molecule has 0 saturated heterocycles. The van der Waals surface area contributed by atoms with Crippen molar-refractivity contribution in [1.82, 2.24) is 0 Å². The van der Waals surface area contributed by atoms with E-state index in [1.54, 1.807) is 0 Å². The fourth-order valence-electron chi connectivity index (χ4n) is 1.83. The minimum absolute atomic E-state index is 0.836. The lowest BCUT2D eigenvalue weighted by Gasteiger charge is -2.01. The molecule has 0 radical (unpaired) electrons. The van der Waals surface area contributed by atoms with Crippen LogP contribution in [0.3, 0.4) is 0 Å². The van der Waals surface area contributed by atoms with Gasteiger partial charge in [0.15, 0.2) is 0 Å². The molecular weight excluding hydrogens is 150 g/mol. The largest absolute Gasteiger partial charge is 0.411 e. The third-order valence-corrected chi connectivity index (χ3v) is 2.40. The molecule has 2 heteroatoms. The number of hydrogen-bond acceptors (Lipinski definition) is 2. The van der Waals surface area contributed by atoms with Gasteiger partial charge in [0.05, 0.1) is 5.71 Å². The zero-order valence-corrected chi connectivity index (χ0v) is 7.04. The number of nitrogens with zero attached hydrogens (tertiary/aromatic N) is 1. The van der Waals surface area contributed by atoms with Crippen molar-refractivity contribution in [2.75, 3.05) is 0 Å². The summed E-state index contributed by atoms with van der Waals surface area (Å²) < 4.78 is 0. The third kappa shape index (κ3) is 0.916. The SMILES string of the molecule is Cc1cccc2c1/C(=N\O)CC2. The predicted molar refractivity (Wildman–Crippen MR) is 47.8 cm³/mol. The molecule has 2 rings (SSSR count). The zero-order valence-electron chi connectivity index (χ0n) is 7.04. The van der Waals surface area contributed by atoms with Crippen molar-refractivity contribution in [2.45, 2.75) is 19.8 Å². The average Bonchev–Trinajstić information content (AvgIpc) is 2.49. The quantitative estimate of drug-likeness (QED) is 0.458. The van der Waals surface area contributed by atoms with E-state index in [9.17, 15) is 0 Å². The van der Waals surface area contributed by atoms with Crippen LogP contribution in [0.1, 0.15) is 23.1 Å². The van der Waals surface area contributed by atoms with Gasteiger partial charge in [-0.3, -0.25) is 0 Å². The van der Waals surface area contributed by atoms with Crippen LogP contribution in [0.4, 0.5) is 0 Å². The van der Waals surface area contributed by atoms with Crippen molar-refractivity contribution in [1.29, 1.82) is 0 Å². The van der Waals surface area contributed by atoms with E-state index in [1.807, 2.05) is 0 Å². The highest BCUT2D eigenvalue weighted by Crippen LogP contribution is 2.25. The first-order valence-electron chi connectivity index (χ1n) is 4.12. The summed E-state index contributed by atoms with van der Waals surface area (Å²) in [5, 5.41) is 12.0. The first kappa shape index (κ1) is 7.35. The van der Waals surface area contributed by atoms with E-state index in [0.29, 0.717) is 0 Å². The Morgan fingerprint density at radius 1 is 1.33 bits per heavy atom. The van der Waals surface area contributed by atoms with E-state index < -0.39 is 0 Å². The molecule has 12 heavy (non-hydrogen) atoms. The Hall–Kier alpha value is -1.31.